The van der Waals surface area contributed by atoms with Crippen molar-refractivity contribution in [3.8, 4) is 5.75 Å². The minimum atomic E-state index is -0.939. The zero-order chi connectivity index (χ0) is 15.8. The van der Waals surface area contributed by atoms with Crippen LogP contribution in [0.2, 0.25) is 0 Å². The third-order valence-electron chi connectivity index (χ3n) is 3.07. The molecule has 0 spiro atoms. The van der Waals surface area contributed by atoms with Crippen LogP contribution < -0.4 is 0 Å². The lowest BCUT2D eigenvalue weighted by atomic mass is 10.1. The molecule has 0 aliphatic carbocycles. The Morgan fingerprint density at radius 2 is 1.77 bits per heavy atom. The molecule has 1 unspecified atom stereocenters. The van der Waals surface area contributed by atoms with Crippen LogP contribution in [0.3, 0.4) is 0 Å². The Kier molecular flexibility index (Phi) is 5.46. The van der Waals surface area contributed by atoms with E-state index in [1.807, 2.05) is 30.3 Å². The van der Waals surface area contributed by atoms with Crippen LogP contribution >= 0.6 is 0 Å². The molecule has 1 atom stereocenters. The molecule has 0 amide bonds. The van der Waals surface area contributed by atoms with Gasteiger partial charge in [0, 0.05) is 6.42 Å². The molecule has 1 N–H and O–H groups in total. The summed E-state index contributed by atoms with van der Waals surface area (Å²) < 4.78 is 5.18. The summed E-state index contributed by atoms with van der Waals surface area (Å²) in [4.78, 5) is 26.0. The van der Waals surface area contributed by atoms with Crippen molar-refractivity contribution in [1.29, 1.82) is 0 Å². The summed E-state index contributed by atoms with van der Waals surface area (Å²) in [6.45, 7) is 0.125. The Balaban J connectivity index is 1.99. The van der Waals surface area contributed by atoms with E-state index in [2.05, 4.69) is 4.99 Å². The molecular formula is C17H15NO4. The quantitative estimate of drug-likeness (QED) is 0.504. The number of phenolic OH excluding ortho intramolecular Hbond substituents is 1. The van der Waals surface area contributed by atoms with E-state index in [0.29, 0.717) is 0 Å². The van der Waals surface area contributed by atoms with Gasteiger partial charge in [-0.2, -0.15) is 4.99 Å². The van der Waals surface area contributed by atoms with Crippen molar-refractivity contribution in [2.24, 2.45) is 4.99 Å². The molecule has 2 aromatic rings. The number of phenols is 1. The highest BCUT2D eigenvalue weighted by Gasteiger charge is 2.20. The second-order valence-electron chi connectivity index (χ2n) is 4.70. The van der Waals surface area contributed by atoms with Gasteiger partial charge >= 0.3 is 5.97 Å². The maximum absolute atomic E-state index is 12.0. The SMILES string of the molecule is O=C=NC(Cc1ccc(O)cc1)C(=O)OCc1ccccc1. The standard InChI is InChI=1S/C17H15NO4/c19-12-18-16(10-13-6-8-15(20)9-7-13)17(21)22-11-14-4-2-1-3-5-14/h1-9,16,20H,10-11H2. The summed E-state index contributed by atoms with van der Waals surface area (Å²) in [7, 11) is 0. The van der Waals surface area contributed by atoms with Gasteiger partial charge in [-0.05, 0) is 23.3 Å². The number of ether oxygens (including phenoxy) is 1. The number of aromatic hydroxyl groups is 1. The van der Waals surface area contributed by atoms with Crippen molar-refractivity contribution in [2.75, 3.05) is 0 Å². The predicted molar refractivity (Wildman–Crippen MR) is 80.0 cm³/mol. The molecule has 5 heteroatoms. The van der Waals surface area contributed by atoms with E-state index >= 15 is 0 Å². The first kappa shape index (κ1) is 15.5. The molecule has 22 heavy (non-hydrogen) atoms. The second-order valence-corrected chi connectivity index (χ2v) is 4.70. The van der Waals surface area contributed by atoms with E-state index in [-0.39, 0.29) is 18.8 Å². The summed E-state index contributed by atoms with van der Waals surface area (Å²) in [5.41, 5.74) is 1.62. The number of isocyanates is 1. The third-order valence-corrected chi connectivity index (χ3v) is 3.07. The van der Waals surface area contributed by atoms with Gasteiger partial charge in [-0.25, -0.2) is 9.59 Å². The number of esters is 1. The molecule has 0 bridgehead atoms. The van der Waals surface area contributed by atoms with E-state index in [4.69, 9.17) is 4.74 Å². The average molecular weight is 297 g/mol. The molecule has 0 radical (unpaired) electrons. The molecule has 0 aromatic heterocycles. The average Bonchev–Trinajstić information content (AvgIpc) is 2.55. The van der Waals surface area contributed by atoms with Gasteiger partial charge in [0.05, 0.1) is 0 Å². The molecule has 112 valence electrons. The van der Waals surface area contributed by atoms with E-state index in [9.17, 15) is 14.7 Å². The van der Waals surface area contributed by atoms with Crippen LogP contribution in [0.4, 0.5) is 0 Å². The Hall–Kier alpha value is -2.91. The molecular weight excluding hydrogens is 282 g/mol. The number of benzene rings is 2. The van der Waals surface area contributed by atoms with Crippen molar-refractivity contribution in [3.63, 3.8) is 0 Å². The molecule has 0 fully saturated rings. The highest BCUT2D eigenvalue weighted by atomic mass is 16.5. The van der Waals surface area contributed by atoms with E-state index < -0.39 is 12.0 Å². The van der Waals surface area contributed by atoms with Crippen LogP contribution in [-0.2, 0) is 27.4 Å². The number of carbonyl (C=O) groups is 1. The van der Waals surface area contributed by atoms with E-state index in [1.54, 1.807) is 12.1 Å². The van der Waals surface area contributed by atoms with Crippen LogP contribution in [0.25, 0.3) is 0 Å². The molecule has 2 rings (SSSR count). The first-order valence-corrected chi connectivity index (χ1v) is 6.74. The van der Waals surface area contributed by atoms with Gasteiger partial charge in [0.1, 0.15) is 12.4 Å². The van der Waals surface area contributed by atoms with Crippen LogP contribution in [0.5, 0.6) is 5.75 Å². The number of nitrogens with zero attached hydrogens (tertiary/aromatic N) is 1. The highest BCUT2D eigenvalue weighted by Crippen LogP contribution is 2.13. The van der Waals surface area contributed by atoms with Gasteiger partial charge in [0.2, 0.25) is 6.08 Å². The summed E-state index contributed by atoms with van der Waals surface area (Å²) in [6, 6.07) is 14.6. The number of carbonyl (C=O) groups excluding carboxylic acids is 2. The smallest absolute Gasteiger partial charge is 0.332 e. The van der Waals surface area contributed by atoms with Crippen LogP contribution in [-0.4, -0.2) is 23.2 Å². The lowest BCUT2D eigenvalue weighted by Gasteiger charge is -2.11. The normalized spacial score (nSPS) is 11.3. The van der Waals surface area contributed by atoms with Crippen molar-refractivity contribution in [2.45, 2.75) is 19.1 Å². The van der Waals surface area contributed by atoms with Crippen LogP contribution in [0, 0.1) is 0 Å². The number of hydrogen-bond donors (Lipinski definition) is 1. The van der Waals surface area contributed by atoms with Crippen molar-refractivity contribution in [1.82, 2.24) is 0 Å². The maximum atomic E-state index is 12.0. The molecule has 0 aliphatic heterocycles. The summed E-state index contributed by atoms with van der Waals surface area (Å²) in [5.74, 6) is -0.453. The third kappa shape index (κ3) is 4.58. The minimum Gasteiger partial charge on any atom is -0.508 e. The zero-order valence-electron chi connectivity index (χ0n) is 11.8. The number of hydrogen-bond acceptors (Lipinski definition) is 5. The van der Waals surface area contributed by atoms with Gasteiger partial charge in [0.25, 0.3) is 0 Å². The van der Waals surface area contributed by atoms with Gasteiger partial charge in [-0.1, -0.05) is 42.5 Å². The number of rotatable bonds is 6. The first-order chi connectivity index (χ1) is 10.7. The van der Waals surface area contributed by atoms with Crippen LogP contribution in [0.1, 0.15) is 11.1 Å². The minimum absolute atomic E-state index is 0.125. The topological polar surface area (TPSA) is 76.0 Å². The number of aliphatic imine (C=N–C) groups is 1. The summed E-state index contributed by atoms with van der Waals surface area (Å²) in [5, 5.41) is 9.24. The van der Waals surface area contributed by atoms with Crippen molar-refractivity contribution in [3.05, 3.63) is 65.7 Å². The molecule has 0 aliphatic rings. The predicted octanol–water partition coefficient (Wildman–Crippen LogP) is 2.38. The Morgan fingerprint density at radius 3 is 2.41 bits per heavy atom. The molecule has 0 saturated heterocycles. The molecule has 0 heterocycles. The zero-order valence-corrected chi connectivity index (χ0v) is 11.8. The molecule has 0 saturated carbocycles. The van der Waals surface area contributed by atoms with Crippen LogP contribution in [0.15, 0.2) is 59.6 Å². The second kappa shape index (κ2) is 7.76. The maximum Gasteiger partial charge on any atom is 0.332 e. The van der Waals surface area contributed by atoms with E-state index in [1.165, 1.54) is 18.2 Å². The Morgan fingerprint density at radius 1 is 1.09 bits per heavy atom. The summed E-state index contributed by atoms with van der Waals surface area (Å²) in [6.07, 6.45) is 1.61. The lowest BCUT2D eigenvalue weighted by Crippen LogP contribution is -2.23. The van der Waals surface area contributed by atoms with Gasteiger partial charge in [-0.3, -0.25) is 0 Å². The van der Waals surface area contributed by atoms with Crippen molar-refractivity contribution >= 4 is 12.0 Å². The van der Waals surface area contributed by atoms with E-state index in [0.717, 1.165) is 11.1 Å². The fourth-order valence-corrected chi connectivity index (χ4v) is 1.93. The fourth-order valence-electron chi connectivity index (χ4n) is 1.93. The monoisotopic (exact) mass is 297 g/mol. The molecule has 5 nitrogen and oxygen atoms in total. The van der Waals surface area contributed by atoms with Gasteiger partial charge < -0.3 is 9.84 Å². The Labute approximate surface area is 127 Å². The highest BCUT2D eigenvalue weighted by molar-refractivity contribution is 5.77. The molecule has 2 aromatic carbocycles. The Bertz CT molecular complexity index is 661. The fraction of sp³-hybridized carbons (Fsp3) is 0.176. The first-order valence-electron chi connectivity index (χ1n) is 6.74. The summed E-state index contributed by atoms with van der Waals surface area (Å²) >= 11 is 0. The largest absolute Gasteiger partial charge is 0.508 e. The lowest BCUT2D eigenvalue weighted by molar-refractivity contribution is -0.146. The van der Waals surface area contributed by atoms with Gasteiger partial charge in [-0.15, -0.1) is 0 Å². The van der Waals surface area contributed by atoms with Gasteiger partial charge in [0.15, 0.2) is 6.04 Å². The van der Waals surface area contributed by atoms with Crippen molar-refractivity contribution < 1.29 is 19.4 Å².